The molecule has 2 aromatic rings. The molecule has 0 amide bonds. The number of amidine groups is 1. The van der Waals surface area contributed by atoms with Gasteiger partial charge in [0.2, 0.25) is 0 Å². The van der Waals surface area contributed by atoms with Crippen LogP contribution in [0.25, 0.3) is 17.1 Å². The Bertz CT molecular complexity index is 671. The second-order valence-electron chi connectivity index (χ2n) is 5.07. The lowest BCUT2D eigenvalue weighted by Gasteiger charge is -2.27. The molecule has 0 saturated carbocycles. The average molecular weight is 297 g/mol. The van der Waals surface area contributed by atoms with Gasteiger partial charge < -0.3 is 15.4 Å². The molecule has 6 heteroatoms. The molecule has 0 radical (unpaired) electrons. The Hall–Kier alpha value is -2.60. The molecule has 0 unspecified atom stereocenters. The van der Waals surface area contributed by atoms with Gasteiger partial charge in [-0.3, -0.25) is 5.41 Å². The van der Waals surface area contributed by atoms with Crippen LogP contribution in [0.1, 0.15) is 0 Å². The molecule has 0 aliphatic carbocycles. The second kappa shape index (κ2) is 6.44. The third-order valence-corrected chi connectivity index (χ3v) is 3.56. The predicted octanol–water partition coefficient (Wildman–Crippen LogP) is 1.62. The Kier molecular flexibility index (Phi) is 4.20. The molecule has 6 nitrogen and oxygen atoms in total. The highest BCUT2D eigenvalue weighted by atomic mass is 16.5. The Morgan fingerprint density at radius 1 is 1.18 bits per heavy atom. The molecule has 3 rings (SSSR count). The zero-order valence-electron chi connectivity index (χ0n) is 12.3. The van der Waals surface area contributed by atoms with Gasteiger partial charge in [0, 0.05) is 30.9 Å². The number of morpholine rings is 1. The summed E-state index contributed by atoms with van der Waals surface area (Å²) in [6, 6.07) is 11.8. The van der Waals surface area contributed by atoms with Crippen molar-refractivity contribution in [1.29, 1.82) is 5.41 Å². The molecule has 1 aliphatic rings. The molecule has 1 fully saturated rings. The summed E-state index contributed by atoms with van der Waals surface area (Å²) < 4.78 is 6.88. The van der Waals surface area contributed by atoms with Gasteiger partial charge >= 0.3 is 0 Å². The van der Waals surface area contributed by atoms with E-state index in [0.717, 1.165) is 24.3 Å². The molecule has 1 saturated heterocycles. The summed E-state index contributed by atoms with van der Waals surface area (Å²) >= 11 is 0. The molecule has 2 heterocycles. The maximum absolute atomic E-state index is 8.11. The predicted molar refractivity (Wildman–Crippen MR) is 86.2 cm³/mol. The van der Waals surface area contributed by atoms with E-state index < -0.39 is 0 Å². The van der Waals surface area contributed by atoms with E-state index in [9.17, 15) is 0 Å². The molecule has 3 N–H and O–H groups in total. The van der Waals surface area contributed by atoms with Crippen molar-refractivity contribution >= 4 is 11.7 Å². The van der Waals surface area contributed by atoms with Crippen molar-refractivity contribution in [3.8, 4) is 11.3 Å². The Morgan fingerprint density at radius 2 is 1.91 bits per heavy atom. The van der Waals surface area contributed by atoms with Gasteiger partial charge in [-0.2, -0.15) is 5.10 Å². The van der Waals surface area contributed by atoms with Crippen molar-refractivity contribution in [1.82, 2.24) is 14.7 Å². The first-order valence-corrected chi connectivity index (χ1v) is 7.24. The lowest BCUT2D eigenvalue weighted by Crippen LogP contribution is -2.39. The van der Waals surface area contributed by atoms with Crippen molar-refractivity contribution in [2.75, 3.05) is 26.3 Å². The van der Waals surface area contributed by atoms with Crippen LogP contribution in [0.3, 0.4) is 0 Å². The lowest BCUT2D eigenvalue weighted by atomic mass is 10.2. The number of ether oxygens (including phenoxy) is 1. The average Bonchev–Trinajstić information content (AvgIpc) is 3.06. The summed E-state index contributed by atoms with van der Waals surface area (Å²) in [6.45, 7) is 2.74. The van der Waals surface area contributed by atoms with Crippen LogP contribution >= 0.6 is 0 Å². The van der Waals surface area contributed by atoms with Crippen molar-refractivity contribution in [3.05, 3.63) is 48.7 Å². The number of hydrogen-bond acceptors (Lipinski definition) is 4. The SMILES string of the molecule is N=C(C=C(N)n1ccc(-c2ccccc2)n1)N1CCOCC1. The van der Waals surface area contributed by atoms with E-state index in [4.69, 9.17) is 15.9 Å². The molecule has 1 aromatic heterocycles. The van der Waals surface area contributed by atoms with Gasteiger partial charge in [0.15, 0.2) is 0 Å². The molecule has 0 bridgehead atoms. The quantitative estimate of drug-likeness (QED) is 0.666. The van der Waals surface area contributed by atoms with Gasteiger partial charge in [0.25, 0.3) is 0 Å². The Labute approximate surface area is 129 Å². The van der Waals surface area contributed by atoms with Gasteiger partial charge in [0.05, 0.1) is 18.9 Å². The molecule has 114 valence electrons. The first-order chi connectivity index (χ1) is 10.7. The molecule has 0 spiro atoms. The summed E-state index contributed by atoms with van der Waals surface area (Å²) in [5.41, 5.74) is 7.95. The summed E-state index contributed by atoms with van der Waals surface area (Å²) in [6.07, 6.45) is 3.44. The minimum atomic E-state index is 0.387. The standard InChI is InChI=1S/C16H19N5O/c17-15(20-8-10-22-11-9-20)12-16(18)21-7-6-14(19-21)13-4-2-1-3-5-13/h1-7,12,17H,8-11,18H2. The third-order valence-electron chi connectivity index (χ3n) is 3.56. The van der Waals surface area contributed by atoms with Crippen LogP contribution in [0, 0.1) is 5.41 Å². The van der Waals surface area contributed by atoms with E-state index in [-0.39, 0.29) is 0 Å². The van der Waals surface area contributed by atoms with E-state index in [1.165, 1.54) is 0 Å². The lowest BCUT2D eigenvalue weighted by molar-refractivity contribution is 0.0681. The maximum Gasteiger partial charge on any atom is 0.128 e. The van der Waals surface area contributed by atoms with Crippen LogP contribution < -0.4 is 5.73 Å². The monoisotopic (exact) mass is 297 g/mol. The molecule has 1 aliphatic heterocycles. The zero-order valence-corrected chi connectivity index (χ0v) is 12.3. The number of nitrogens with two attached hydrogens (primary N) is 1. The molecular formula is C16H19N5O. The van der Waals surface area contributed by atoms with Crippen LogP contribution in [0.15, 0.2) is 48.7 Å². The number of aromatic nitrogens is 2. The van der Waals surface area contributed by atoms with Crippen LogP contribution in [0.2, 0.25) is 0 Å². The Balaban J connectivity index is 1.74. The number of benzene rings is 1. The van der Waals surface area contributed by atoms with E-state index in [1.807, 2.05) is 41.3 Å². The smallest absolute Gasteiger partial charge is 0.128 e. The summed E-state index contributed by atoms with van der Waals surface area (Å²) in [4.78, 5) is 1.94. The fourth-order valence-electron chi connectivity index (χ4n) is 2.33. The van der Waals surface area contributed by atoms with Gasteiger partial charge in [-0.25, -0.2) is 4.68 Å². The minimum absolute atomic E-state index is 0.387. The van der Waals surface area contributed by atoms with Gasteiger partial charge in [-0.05, 0) is 6.07 Å². The molecule has 22 heavy (non-hydrogen) atoms. The van der Waals surface area contributed by atoms with E-state index in [2.05, 4.69) is 5.10 Å². The normalized spacial score (nSPS) is 15.8. The number of rotatable bonds is 3. The third kappa shape index (κ3) is 3.17. The van der Waals surface area contributed by atoms with Crippen LogP contribution in [0.4, 0.5) is 0 Å². The zero-order chi connectivity index (χ0) is 15.4. The van der Waals surface area contributed by atoms with E-state index in [1.54, 1.807) is 17.0 Å². The van der Waals surface area contributed by atoms with Crippen LogP contribution in [-0.4, -0.2) is 46.8 Å². The number of nitrogens with zero attached hydrogens (tertiary/aromatic N) is 3. The van der Waals surface area contributed by atoms with Crippen molar-refractivity contribution < 1.29 is 4.74 Å². The van der Waals surface area contributed by atoms with Gasteiger partial charge in [-0.15, -0.1) is 0 Å². The number of hydrogen-bond donors (Lipinski definition) is 2. The molecule has 1 aromatic carbocycles. The van der Waals surface area contributed by atoms with Crippen molar-refractivity contribution in [2.24, 2.45) is 5.73 Å². The fraction of sp³-hybridized carbons (Fsp3) is 0.250. The Morgan fingerprint density at radius 3 is 2.64 bits per heavy atom. The topological polar surface area (TPSA) is 80.2 Å². The maximum atomic E-state index is 8.11. The number of nitrogens with one attached hydrogen (secondary N) is 1. The fourth-order valence-corrected chi connectivity index (χ4v) is 2.33. The van der Waals surface area contributed by atoms with Crippen LogP contribution in [0.5, 0.6) is 0 Å². The molecule has 0 atom stereocenters. The highest BCUT2D eigenvalue weighted by Gasteiger charge is 2.13. The second-order valence-corrected chi connectivity index (χ2v) is 5.07. The summed E-state index contributed by atoms with van der Waals surface area (Å²) in [7, 11) is 0. The first kappa shape index (κ1) is 14.3. The highest BCUT2D eigenvalue weighted by molar-refractivity contribution is 5.94. The van der Waals surface area contributed by atoms with Gasteiger partial charge in [-0.1, -0.05) is 30.3 Å². The van der Waals surface area contributed by atoms with Crippen LogP contribution in [-0.2, 0) is 4.74 Å². The summed E-state index contributed by atoms with van der Waals surface area (Å²) in [5, 5.41) is 12.6. The molecular weight excluding hydrogens is 278 g/mol. The summed E-state index contributed by atoms with van der Waals surface area (Å²) in [5.74, 6) is 0.816. The first-order valence-electron chi connectivity index (χ1n) is 7.24. The van der Waals surface area contributed by atoms with E-state index >= 15 is 0 Å². The largest absolute Gasteiger partial charge is 0.384 e. The van der Waals surface area contributed by atoms with Gasteiger partial charge in [0.1, 0.15) is 11.7 Å². The van der Waals surface area contributed by atoms with E-state index in [0.29, 0.717) is 24.9 Å². The van der Waals surface area contributed by atoms with Crippen molar-refractivity contribution in [2.45, 2.75) is 0 Å². The van der Waals surface area contributed by atoms with Crippen molar-refractivity contribution in [3.63, 3.8) is 0 Å². The minimum Gasteiger partial charge on any atom is -0.384 e. The highest BCUT2D eigenvalue weighted by Crippen LogP contribution is 2.16.